The standard InChI is InChI=1S/C23H23N3O3.ClH/c1-2-28-22(27)16-26-20-12-6-5-11-19(20)25(23(26)24)14-15-29-21-13-7-9-17-8-3-4-10-18(17)21;/h3-13,24H,2,14-16H2,1H3;1H. The van der Waals surface area contributed by atoms with Gasteiger partial charge in [0.25, 0.3) is 0 Å². The van der Waals surface area contributed by atoms with E-state index >= 15 is 0 Å². The molecule has 0 atom stereocenters. The highest BCUT2D eigenvalue weighted by Gasteiger charge is 2.14. The van der Waals surface area contributed by atoms with E-state index in [0.717, 1.165) is 27.6 Å². The Morgan fingerprint density at radius 1 is 0.933 bits per heavy atom. The molecule has 4 rings (SSSR count). The van der Waals surface area contributed by atoms with Crippen LogP contribution in [0.3, 0.4) is 0 Å². The van der Waals surface area contributed by atoms with E-state index in [1.54, 1.807) is 11.5 Å². The average molecular weight is 426 g/mol. The van der Waals surface area contributed by atoms with E-state index in [9.17, 15) is 4.79 Å². The predicted octanol–water partition coefficient (Wildman–Crippen LogP) is 4.14. The number of aromatic nitrogens is 2. The minimum absolute atomic E-state index is 0. The fraction of sp³-hybridized carbons (Fsp3) is 0.217. The Morgan fingerprint density at radius 3 is 2.37 bits per heavy atom. The zero-order chi connectivity index (χ0) is 20.2. The topological polar surface area (TPSA) is 69.2 Å². The van der Waals surface area contributed by atoms with Crippen LogP contribution in [0.25, 0.3) is 21.8 Å². The summed E-state index contributed by atoms with van der Waals surface area (Å²) in [6.45, 7) is 3.03. The molecule has 1 aromatic heterocycles. The molecule has 4 aromatic rings. The van der Waals surface area contributed by atoms with Gasteiger partial charge in [-0.1, -0.05) is 48.5 Å². The molecule has 0 amide bonds. The maximum Gasteiger partial charge on any atom is 0.326 e. The molecule has 0 spiro atoms. The number of fused-ring (bicyclic) bond motifs is 2. The van der Waals surface area contributed by atoms with Crippen LogP contribution in [-0.4, -0.2) is 28.3 Å². The van der Waals surface area contributed by atoms with Crippen LogP contribution in [0.5, 0.6) is 5.75 Å². The SMILES string of the molecule is CCOC(=O)Cn1c(=N)n(CCOc2cccc3ccccc23)c2ccccc21.Cl. The maximum atomic E-state index is 12.0. The monoisotopic (exact) mass is 425 g/mol. The number of benzene rings is 3. The second-order valence-corrected chi connectivity index (χ2v) is 6.68. The lowest BCUT2D eigenvalue weighted by atomic mass is 10.1. The number of rotatable bonds is 7. The van der Waals surface area contributed by atoms with E-state index in [2.05, 4.69) is 12.1 Å². The quantitative estimate of drug-likeness (QED) is 0.452. The van der Waals surface area contributed by atoms with Crippen molar-refractivity contribution >= 4 is 40.2 Å². The normalized spacial score (nSPS) is 10.7. The van der Waals surface area contributed by atoms with Crippen LogP contribution in [0.4, 0.5) is 0 Å². The van der Waals surface area contributed by atoms with Crippen molar-refractivity contribution in [2.24, 2.45) is 0 Å². The number of ether oxygens (including phenoxy) is 2. The van der Waals surface area contributed by atoms with Crippen molar-refractivity contribution in [3.63, 3.8) is 0 Å². The minimum Gasteiger partial charge on any atom is -0.491 e. The Morgan fingerprint density at radius 2 is 1.60 bits per heavy atom. The Kier molecular flexibility index (Phi) is 6.79. The van der Waals surface area contributed by atoms with Gasteiger partial charge in [0, 0.05) is 5.39 Å². The molecule has 1 N–H and O–H groups in total. The molecule has 0 fully saturated rings. The van der Waals surface area contributed by atoms with Crippen molar-refractivity contribution in [2.75, 3.05) is 13.2 Å². The highest BCUT2D eigenvalue weighted by molar-refractivity contribution is 5.88. The van der Waals surface area contributed by atoms with Crippen LogP contribution < -0.4 is 10.4 Å². The van der Waals surface area contributed by atoms with E-state index in [1.165, 1.54) is 0 Å². The lowest BCUT2D eigenvalue weighted by molar-refractivity contribution is -0.143. The molecule has 3 aromatic carbocycles. The third kappa shape index (κ3) is 4.19. The van der Waals surface area contributed by atoms with Gasteiger partial charge < -0.3 is 14.0 Å². The average Bonchev–Trinajstić information content (AvgIpc) is 3.00. The van der Waals surface area contributed by atoms with Gasteiger partial charge in [0.1, 0.15) is 18.9 Å². The third-order valence-electron chi connectivity index (χ3n) is 4.89. The molecule has 7 heteroatoms. The van der Waals surface area contributed by atoms with Crippen LogP contribution in [0.1, 0.15) is 6.92 Å². The van der Waals surface area contributed by atoms with Crippen molar-refractivity contribution in [3.05, 3.63) is 72.3 Å². The summed E-state index contributed by atoms with van der Waals surface area (Å²) in [4.78, 5) is 12.0. The summed E-state index contributed by atoms with van der Waals surface area (Å²) < 4.78 is 14.6. The Bertz CT molecular complexity index is 1220. The Labute approximate surface area is 180 Å². The Balaban J connectivity index is 0.00000256. The Hall–Kier alpha value is -3.25. The minimum atomic E-state index is -0.346. The summed E-state index contributed by atoms with van der Waals surface area (Å²) in [6, 6.07) is 21.8. The molecular formula is C23H24ClN3O3. The highest BCUT2D eigenvalue weighted by atomic mass is 35.5. The van der Waals surface area contributed by atoms with E-state index in [-0.39, 0.29) is 30.5 Å². The van der Waals surface area contributed by atoms with E-state index in [4.69, 9.17) is 14.9 Å². The summed E-state index contributed by atoms with van der Waals surface area (Å²) in [7, 11) is 0. The molecule has 0 aliphatic carbocycles. The molecule has 0 saturated carbocycles. The predicted molar refractivity (Wildman–Crippen MR) is 119 cm³/mol. The van der Waals surface area contributed by atoms with Crippen molar-refractivity contribution in [2.45, 2.75) is 20.0 Å². The summed E-state index contributed by atoms with van der Waals surface area (Å²) in [5.41, 5.74) is 1.97. The zero-order valence-electron chi connectivity index (χ0n) is 16.7. The second-order valence-electron chi connectivity index (χ2n) is 6.68. The van der Waals surface area contributed by atoms with Crippen LogP contribution in [0.15, 0.2) is 66.7 Å². The summed E-state index contributed by atoms with van der Waals surface area (Å²) >= 11 is 0. The molecular weight excluding hydrogens is 402 g/mol. The molecule has 6 nitrogen and oxygen atoms in total. The molecule has 0 unspecified atom stereocenters. The first-order valence-corrected chi connectivity index (χ1v) is 9.68. The summed E-state index contributed by atoms with van der Waals surface area (Å²) in [6.07, 6.45) is 0. The van der Waals surface area contributed by atoms with E-state index in [1.807, 2.05) is 59.2 Å². The maximum absolute atomic E-state index is 12.0. The number of halogens is 1. The number of nitrogens with zero attached hydrogens (tertiary/aromatic N) is 2. The lowest BCUT2D eigenvalue weighted by Crippen LogP contribution is -2.29. The number of imidazole rings is 1. The molecule has 0 saturated heterocycles. The van der Waals surface area contributed by atoms with E-state index in [0.29, 0.717) is 19.8 Å². The van der Waals surface area contributed by atoms with Crippen molar-refractivity contribution in [3.8, 4) is 5.75 Å². The first kappa shape index (κ1) is 21.5. The first-order chi connectivity index (χ1) is 14.2. The van der Waals surface area contributed by atoms with Gasteiger partial charge in [-0.2, -0.15) is 0 Å². The van der Waals surface area contributed by atoms with Crippen LogP contribution in [0.2, 0.25) is 0 Å². The van der Waals surface area contributed by atoms with Gasteiger partial charge in [-0.25, -0.2) is 0 Å². The molecule has 30 heavy (non-hydrogen) atoms. The van der Waals surface area contributed by atoms with Gasteiger partial charge >= 0.3 is 5.97 Å². The van der Waals surface area contributed by atoms with Crippen LogP contribution in [0, 0.1) is 5.41 Å². The number of esters is 1. The number of hydrogen-bond donors (Lipinski definition) is 1. The third-order valence-corrected chi connectivity index (χ3v) is 4.89. The number of carbonyl (C=O) groups is 1. The van der Waals surface area contributed by atoms with Crippen LogP contribution >= 0.6 is 12.4 Å². The van der Waals surface area contributed by atoms with Crippen molar-refractivity contribution in [1.29, 1.82) is 5.41 Å². The van der Waals surface area contributed by atoms with Crippen molar-refractivity contribution < 1.29 is 14.3 Å². The van der Waals surface area contributed by atoms with Gasteiger partial charge in [0.15, 0.2) is 0 Å². The number of para-hydroxylation sites is 2. The zero-order valence-corrected chi connectivity index (χ0v) is 17.5. The number of carbonyl (C=O) groups excluding carboxylic acids is 1. The molecule has 1 heterocycles. The van der Waals surface area contributed by atoms with Gasteiger partial charge in [0.05, 0.1) is 24.2 Å². The smallest absolute Gasteiger partial charge is 0.326 e. The number of nitrogens with one attached hydrogen (secondary N) is 1. The second kappa shape index (κ2) is 9.50. The molecule has 0 bridgehead atoms. The van der Waals surface area contributed by atoms with Gasteiger partial charge in [0.2, 0.25) is 5.62 Å². The van der Waals surface area contributed by atoms with Crippen LogP contribution in [-0.2, 0) is 22.6 Å². The fourth-order valence-electron chi connectivity index (χ4n) is 3.59. The molecule has 156 valence electrons. The van der Waals surface area contributed by atoms with Gasteiger partial charge in [-0.05, 0) is 30.5 Å². The van der Waals surface area contributed by atoms with Crippen molar-refractivity contribution in [1.82, 2.24) is 9.13 Å². The van der Waals surface area contributed by atoms with Gasteiger partial charge in [-0.3, -0.25) is 14.8 Å². The number of hydrogen-bond acceptors (Lipinski definition) is 4. The first-order valence-electron chi connectivity index (χ1n) is 9.68. The molecule has 0 radical (unpaired) electrons. The highest BCUT2D eigenvalue weighted by Crippen LogP contribution is 2.25. The summed E-state index contributed by atoms with van der Waals surface area (Å²) in [5, 5.41) is 10.8. The largest absolute Gasteiger partial charge is 0.491 e. The summed E-state index contributed by atoms with van der Waals surface area (Å²) in [5.74, 6) is 0.478. The molecule has 0 aliphatic heterocycles. The lowest BCUT2D eigenvalue weighted by Gasteiger charge is -2.10. The van der Waals surface area contributed by atoms with E-state index < -0.39 is 0 Å². The van der Waals surface area contributed by atoms with Gasteiger partial charge in [-0.15, -0.1) is 12.4 Å². The molecule has 0 aliphatic rings. The fourth-order valence-corrected chi connectivity index (χ4v) is 3.59.